The summed E-state index contributed by atoms with van der Waals surface area (Å²) in [6, 6.07) is 1.64. The Kier molecular flexibility index (Phi) is 6.85. The molecule has 1 N–H and O–H groups in total. The third-order valence-electron chi connectivity index (χ3n) is 2.87. The van der Waals surface area contributed by atoms with E-state index in [2.05, 4.69) is 24.1 Å². The van der Waals surface area contributed by atoms with Crippen LogP contribution < -0.4 is 5.32 Å². The average Bonchev–Trinajstić information content (AvgIpc) is 2.83. The van der Waals surface area contributed by atoms with Crippen LogP contribution in [-0.4, -0.2) is 36.0 Å². The van der Waals surface area contributed by atoms with E-state index in [1.54, 1.807) is 6.07 Å². The van der Waals surface area contributed by atoms with Crippen molar-refractivity contribution < 1.29 is 4.92 Å². The zero-order chi connectivity index (χ0) is 13.4. The lowest BCUT2D eigenvalue weighted by atomic mass is 10.3. The highest BCUT2D eigenvalue weighted by molar-refractivity contribution is 7.13. The van der Waals surface area contributed by atoms with Gasteiger partial charge in [0.25, 0.3) is 0 Å². The lowest BCUT2D eigenvalue weighted by Crippen LogP contribution is -2.27. The van der Waals surface area contributed by atoms with E-state index in [1.165, 1.54) is 11.3 Å². The van der Waals surface area contributed by atoms with Crippen LogP contribution in [0, 0.1) is 10.1 Å². The van der Waals surface area contributed by atoms with Gasteiger partial charge in [0.2, 0.25) is 0 Å². The van der Waals surface area contributed by atoms with E-state index in [0.29, 0.717) is 6.54 Å². The van der Waals surface area contributed by atoms with Gasteiger partial charge < -0.3 is 10.2 Å². The third kappa shape index (κ3) is 5.12. The lowest BCUT2D eigenvalue weighted by molar-refractivity contribution is -0.380. The molecular weight excluding hydrogens is 250 g/mol. The maximum absolute atomic E-state index is 10.5. The first kappa shape index (κ1) is 15.1. The minimum Gasteiger partial charge on any atom is -0.313 e. The van der Waals surface area contributed by atoms with Gasteiger partial charge in [-0.3, -0.25) is 10.1 Å². The molecule has 0 bridgehead atoms. The SMILES string of the molecule is CCN(CC)CCCNCc1csc([N+](=O)[O-])c1. The molecule has 0 radical (unpaired) electrons. The molecule has 1 heterocycles. The summed E-state index contributed by atoms with van der Waals surface area (Å²) in [7, 11) is 0. The molecule has 0 aromatic carbocycles. The number of nitrogens with one attached hydrogen (secondary N) is 1. The Bertz CT molecular complexity index is 364. The molecule has 0 amide bonds. The van der Waals surface area contributed by atoms with E-state index < -0.39 is 0 Å². The molecule has 6 heteroatoms. The van der Waals surface area contributed by atoms with Crippen LogP contribution in [0.5, 0.6) is 0 Å². The summed E-state index contributed by atoms with van der Waals surface area (Å²) in [5, 5.41) is 15.9. The molecule has 0 aliphatic heterocycles. The van der Waals surface area contributed by atoms with E-state index >= 15 is 0 Å². The monoisotopic (exact) mass is 271 g/mol. The van der Waals surface area contributed by atoms with Crippen molar-refractivity contribution in [3.63, 3.8) is 0 Å². The Morgan fingerprint density at radius 1 is 1.44 bits per heavy atom. The van der Waals surface area contributed by atoms with E-state index in [1.807, 2.05) is 5.38 Å². The van der Waals surface area contributed by atoms with Gasteiger partial charge in [0.05, 0.1) is 4.92 Å². The molecule has 0 aliphatic carbocycles. The highest BCUT2D eigenvalue weighted by Crippen LogP contribution is 2.22. The molecule has 0 spiro atoms. The Hall–Kier alpha value is -0.980. The fourth-order valence-electron chi connectivity index (χ4n) is 1.75. The van der Waals surface area contributed by atoms with E-state index in [-0.39, 0.29) is 9.92 Å². The van der Waals surface area contributed by atoms with Crippen LogP contribution in [0.3, 0.4) is 0 Å². The van der Waals surface area contributed by atoms with Gasteiger partial charge in [-0.05, 0) is 38.2 Å². The molecule has 0 saturated carbocycles. The number of nitrogens with zero attached hydrogens (tertiary/aromatic N) is 2. The van der Waals surface area contributed by atoms with Gasteiger partial charge in [-0.1, -0.05) is 25.2 Å². The minimum absolute atomic E-state index is 0.218. The van der Waals surface area contributed by atoms with Crippen LogP contribution >= 0.6 is 11.3 Å². The molecule has 102 valence electrons. The number of hydrogen-bond acceptors (Lipinski definition) is 5. The van der Waals surface area contributed by atoms with Crippen molar-refractivity contribution in [1.82, 2.24) is 10.2 Å². The topological polar surface area (TPSA) is 58.4 Å². The number of rotatable bonds is 9. The van der Waals surface area contributed by atoms with Crippen LogP contribution in [0.15, 0.2) is 11.4 Å². The summed E-state index contributed by atoms with van der Waals surface area (Å²) < 4.78 is 0. The van der Waals surface area contributed by atoms with Crippen LogP contribution in [0.2, 0.25) is 0 Å². The molecule has 1 aromatic rings. The predicted molar refractivity (Wildman–Crippen MR) is 75.1 cm³/mol. The van der Waals surface area contributed by atoms with Gasteiger partial charge in [0, 0.05) is 18.0 Å². The highest BCUT2D eigenvalue weighted by atomic mass is 32.1. The summed E-state index contributed by atoms with van der Waals surface area (Å²) in [5.74, 6) is 0. The molecule has 0 fully saturated rings. The second-order valence-corrected chi connectivity index (χ2v) is 5.00. The van der Waals surface area contributed by atoms with E-state index in [0.717, 1.165) is 38.2 Å². The second kappa shape index (κ2) is 8.18. The maximum atomic E-state index is 10.5. The molecule has 0 aliphatic rings. The summed E-state index contributed by atoms with van der Waals surface area (Å²) >= 11 is 1.19. The van der Waals surface area contributed by atoms with Crippen molar-refractivity contribution >= 4 is 16.3 Å². The van der Waals surface area contributed by atoms with Gasteiger partial charge in [0.1, 0.15) is 0 Å². The van der Waals surface area contributed by atoms with Crippen molar-refractivity contribution in [3.05, 3.63) is 27.1 Å². The predicted octanol–water partition coefficient (Wildman–Crippen LogP) is 2.48. The third-order valence-corrected chi connectivity index (χ3v) is 3.80. The summed E-state index contributed by atoms with van der Waals surface area (Å²) in [5.41, 5.74) is 0.995. The van der Waals surface area contributed by atoms with Gasteiger partial charge >= 0.3 is 5.00 Å². The minimum atomic E-state index is -0.339. The van der Waals surface area contributed by atoms with E-state index in [4.69, 9.17) is 0 Å². The van der Waals surface area contributed by atoms with Gasteiger partial charge in [-0.2, -0.15) is 0 Å². The fourth-order valence-corrected chi connectivity index (χ4v) is 2.48. The first-order valence-electron chi connectivity index (χ1n) is 6.32. The Morgan fingerprint density at radius 3 is 2.72 bits per heavy atom. The van der Waals surface area contributed by atoms with Crippen LogP contribution in [0.1, 0.15) is 25.8 Å². The zero-order valence-electron chi connectivity index (χ0n) is 11.0. The Morgan fingerprint density at radius 2 is 2.17 bits per heavy atom. The Labute approximate surface area is 112 Å². The molecule has 18 heavy (non-hydrogen) atoms. The smallest absolute Gasteiger partial charge is 0.313 e. The molecule has 0 unspecified atom stereocenters. The number of hydrogen-bond donors (Lipinski definition) is 1. The summed E-state index contributed by atoms with van der Waals surface area (Å²) in [6.07, 6.45) is 1.11. The molecule has 0 atom stereocenters. The van der Waals surface area contributed by atoms with Crippen LogP contribution in [0.25, 0.3) is 0 Å². The fraction of sp³-hybridized carbons (Fsp3) is 0.667. The van der Waals surface area contributed by atoms with Crippen LogP contribution in [0.4, 0.5) is 5.00 Å². The van der Waals surface area contributed by atoms with Crippen molar-refractivity contribution in [3.8, 4) is 0 Å². The summed E-state index contributed by atoms with van der Waals surface area (Å²) in [6.45, 7) is 9.27. The molecule has 0 saturated heterocycles. The van der Waals surface area contributed by atoms with Crippen LogP contribution in [-0.2, 0) is 6.54 Å². The lowest BCUT2D eigenvalue weighted by Gasteiger charge is -2.17. The molecule has 1 rings (SSSR count). The first-order valence-corrected chi connectivity index (χ1v) is 7.20. The molecular formula is C12H21N3O2S. The maximum Gasteiger partial charge on any atom is 0.324 e. The highest BCUT2D eigenvalue weighted by Gasteiger charge is 2.08. The van der Waals surface area contributed by atoms with Crippen molar-refractivity contribution in [2.24, 2.45) is 0 Å². The standard InChI is InChI=1S/C12H21N3O2S/c1-3-14(4-2)7-5-6-13-9-11-8-12(15(16)17)18-10-11/h8,10,13H,3-7,9H2,1-2H3. The van der Waals surface area contributed by atoms with Crippen molar-refractivity contribution in [2.75, 3.05) is 26.2 Å². The Balaban J connectivity index is 2.15. The summed E-state index contributed by atoms with van der Waals surface area (Å²) in [4.78, 5) is 12.6. The molecule has 5 nitrogen and oxygen atoms in total. The normalized spacial score (nSPS) is 11.1. The average molecular weight is 271 g/mol. The second-order valence-electron chi connectivity index (χ2n) is 4.11. The zero-order valence-corrected chi connectivity index (χ0v) is 11.8. The number of thiophene rings is 1. The van der Waals surface area contributed by atoms with Gasteiger partial charge in [0.15, 0.2) is 0 Å². The molecule has 1 aromatic heterocycles. The van der Waals surface area contributed by atoms with Gasteiger partial charge in [-0.15, -0.1) is 0 Å². The largest absolute Gasteiger partial charge is 0.324 e. The quantitative estimate of drug-likeness (QED) is 0.426. The van der Waals surface area contributed by atoms with Gasteiger partial charge in [-0.25, -0.2) is 0 Å². The van der Waals surface area contributed by atoms with E-state index in [9.17, 15) is 10.1 Å². The number of nitro groups is 1. The van der Waals surface area contributed by atoms with Crippen molar-refractivity contribution in [1.29, 1.82) is 0 Å². The first-order chi connectivity index (χ1) is 8.67. The van der Waals surface area contributed by atoms with Crippen molar-refractivity contribution in [2.45, 2.75) is 26.8 Å².